The summed E-state index contributed by atoms with van der Waals surface area (Å²) in [6, 6.07) is 10.8. The zero-order valence-electron chi connectivity index (χ0n) is 13.5. The van der Waals surface area contributed by atoms with Crippen LogP contribution in [0.3, 0.4) is 0 Å². The van der Waals surface area contributed by atoms with Crippen molar-refractivity contribution in [1.29, 1.82) is 0 Å². The molecule has 1 saturated heterocycles. The van der Waals surface area contributed by atoms with E-state index in [1.165, 1.54) is 34.7 Å². The van der Waals surface area contributed by atoms with Gasteiger partial charge in [0.1, 0.15) is 0 Å². The number of thiazole rings is 1. The van der Waals surface area contributed by atoms with Gasteiger partial charge in [0.25, 0.3) is 0 Å². The number of hydrogen-bond acceptors (Lipinski definition) is 4. The van der Waals surface area contributed by atoms with Crippen LogP contribution in [0, 0.1) is 0 Å². The molecule has 2 heterocycles. The lowest BCUT2D eigenvalue weighted by atomic mass is 9.82. The van der Waals surface area contributed by atoms with Gasteiger partial charge in [-0.05, 0) is 31.2 Å². The van der Waals surface area contributed by atoms with Gasteiger partial charge in [-0.2, -0.15) is 0 Å². The Morgan fingerprint density at radius 1 is 1.17 bits per heavy atom. The summed E-state index contributed by atoms with van der Waals surface area (Å²) in [4.78, 5) is 6.01. The van der Waals surface area contributed by atoms with Crippen molar-refractivity contribution in [2.24, 2.45) is 0 Å². The van der Waals surface area contributed by atoms with Gasteiger partial charge in [-0.1, -0.05) is 36.8 Å². The van der Waals surface area contributed by atoms with E-state index in [9.17, 15) is 0 Å². The van der Waals surface area contributed by atoms with E-state index in [2.05, 4.69) is 46.8 Å². The van der Waals surface area contributed by atoms with Crippen LogP contribution in [-0.4, -0.2) is 18.2 Å². The summed E-state index contributed by atoms with van der Waals surface area (Å²) in [5.41, 5.74) is 1.42. The monoisotopic (exact) mass is 328 g/mol. The predicted octanol–water partition coefficient (Wildman–Crippen LogP) is 4.21. The lowest BCUT2D eigenvalue weighted by molar-refractivity contribution is 0.0359. The van der Waals surface area contributed by atoms with E-state index >= 15 is 0 Å². The van der Waals surface area contributed by atoms with Crippen molar-refractivity contribution >= 4 is 11.3 Å². The molecule has 2 aromatic rings. The minimum atomic E-state index is 0.0418. The van der Waals surface area contributed by atoms with E-state index in [1.54, 1.807) is 0 Å². The highest BCUT2D eigenvalue weighted by molar-refractivity contribution is 7.11. The van der Waals surface area contributed by atoms with Crippen LogP contribution in [0.2, 0.25) is 0 Å². The molecule has 0 amide bonds. The SMILES string of the molecule is c1ccc(C2(NCc3cnc(C4CCC4)s3)CCOCC2)cc1. The number of ether oxygens (including phenoxy) is 1. The second-order valence-corrected chi connectivity index (χ2v) is 7.85. The summed E-state index contributed by atoms with van der Waals surface area (Å²) in [7, 11) is 0. The van der Waals surface area contributed by atoms with E-state index in [-0.39, 0.29) is 5.54 Å². The molecule has 4 rings (SSSR count). The Balaban J connectivity index is 1.48. The van der Waals surface area contributed by atoms with Crippen molar-refractivity contribution in [2.45, 2.75) is 50.1 Å². The Kier molecular flexibility index (Phi) is 4.47. The predicted molar refractivity (Wildman–Crippen MR) is 93.7 cm³/mol. The van der Waals surface area contributed by atoms with Crippen molar-refractivity contribution in [3.63, 3.8) is 0 Å². The fourth-order valence-electron chi connectivity index (χ4n) is 3.55. The molecule has 1 aromatic heterocycles. The van der Waals surface area contributed by atoms with Crippen LogP contribution >= 0.6 is 11.3 Å². The fraction of sp³-hybridized carbons (Fsp3) is 0.526. The molecule has 2 aliphatic rings. The average molecular weight is 328 g/mol. The van der Waals surface area contributed by atoms with E-state index in [4.69, 9.17) is 4.74 Å². The van der Waals surface area contributed by atoms with Crippen LogP contribution in [0.1, 0.15) is 53.5 Å². The third-order valence-corrected chi connectivity index (χ3v) is 6.46. The quantitative estimate of drug-likeness (QED) is 0.893. The highest BCUT2D eigenvalue weighted by Crippen LogP contribution is 2.38. The Labute approximate surface area is 142 Å². The number of benzene rings is 1. The number of nitrogens with one attached hydrogen (secondary N) is 1. The third kappa shape index (κ3) is 3.21. The molecule has 1 saturated carbocycles. The number of aromatic nitrogens is 1. The molecule has 0 spiro atoms. The second-order valence-electron chi connectivity index (χ2n) is 6.71. The van der Waals surface area contributed by atoms with Gasteiger partial charge in [-0.25, -0.2) is 4.98 Å². The van der Waals surface area contributed by atoms with Crippen molar-refractivity contribution in [1.82, 2.24) is 10.3 Å². The Morgan fingerprint density at radius 3 is 2.65 bits per heavy atom. The first-order valence-corrected chi connectivity index (χ1v) is 9.50. The molecule has 4 heteroatoms. The molecule has 1 aliphatic heterocycles. The molecule has 0 bridgehead atoms. The van der Waals surface area contributed by atoms with Gasteiger partial charge >= 0.3 is 0 Å². The Morgan fingerprint density at radius 2 is 1.96 bits per heavy atom. The van der Waals surface area contributed by atoms with Crippen molar-refractivity contribution in [3.05, 3.63) is 52.0 Å². The Hall–Kier alpha value is -1.23. The first-order chi connectivity index (χ1) is 11.4. The molecule has 1 aromatic carbocycles. The van der Waals surface area contributed by atoms with Gasteiger partial charge in [0.15, 0.2) is 0 Å². The first-order valence-electron chi connectivity index (χ1n) is 8.69. The maximum atomic E-state index is 5.61. The highest BCUT2D eigenvalue weighted by atomic mass is 32.1. The van der Waals surface area contributed by atoms with E-state index in [0.717, 1.165) is 38.5 Å². The van der Waals surface area contributed by atoms with Crippen LogP contribution in [0.4, 0.5) is 0 Å². The standard InChI is InChI=1S/C19H24N2OS/c1-2-7-16(8-3-1)19(9-11-22-12-10-19)21-14-17-13-20-18(23-17)15-5-4-6-15/h1-3,7-8,13,15,21H,4-6,9-12,14H2. The molecule has 0 radical (unpaired) electrons. The summed E-state index contributed by atoms with van der Waals surface area (Å²) in [6.07, 6.45) is 8.16. The molecule has 0 atom stereocenters. The van der Waals surface area contributed by atoms with Gasteiger partial charge in [0, 0.05) is 42.3 Å². The molecule has 122 valence electrons. The van der Waals surface area contributed by atoms with Gasteiger partial charge in [0.2, 0.25) is 0 Å². The normalized spacial score (nSPS) is 21.0. The maximum absolute atomic E-state index is 5.61. The molecular formula is C19H24N2OS. The fourth-order valence-corrected chi connectivity index (χ4v) is 4.58. The lowest BCUT2D eigenvalue weighted by Crippen LogP contribution is -2.46. The third-order valence-electron chi connectivity index (χ3n) is 5.30. The van der Waals surface area contributed by atoms with Crippen LogP contribution in [0.25, 0.3) is 0 Å². The maximum Gasteiger partial charge on any atom is 0.0959 e. The molecule has 1 aliphatic carbocycles. The molecule has 1 N–H and O–H groups in total. The van der Waals surface area contributed by atoms with Crippen LogP contribution in [0.5, 0.6) is 0 Å². The zero-order valence-corrected chi connectivity index (χ0v) is 14.3. The van der Waals surface area contributed by atoms with Crippen LogP contribution < -0.4 is 5.32 Å². The number of hydrogen-bond donors (Lipinski definition) is 1. The van der Waals surface area contributed by atoms with Crippen molar-refractivity contribution in [3.8, 4) is 0 Å². The van der Waals surface area contributed by atoms with Crippen molar-refractivity contribution in [2.75, 3.05) is 13.2 Å². The van der Waals surface area contributed by atoms with Crippen LogP contribution in [0.15, 0.2) is 36.5 Å². The molecule has 23 heavy (non-hydrogen) atoms. The topological polar surface area (TPSA) is 34.2 Å². The minimum absolute atomic E-state index is 0.0418. The Bertz CT molecular complexity index is 630. The van der Waals surface area contributed by atoms with Crippen LogP contribution in [-0.2, 0) is 16.8 Å². The van der Waals surface area contributed by atoms with Gasteiger partial charge in [0.05, 0.1) is 5.01 Å². The van der Waals surface area contributed by atoms with E-state index in [0.29, 0.717) is 0 Å². The first kappa shape index (κ1) is 15.3. The lowest BCUT2D eigenvalue weighted by Gasteiger charge is -2.38. The second kappa shape index (κ2) is 6.71. The van der Waals surface area contributed by atoms with E-state index in [1.807, 2.05) is 11.3 Å². The summed E-state index contributed by atoms with van der Waals surface area (Å²) in [5.74, 6) is 0.736. The molecule has 0 unspecified atom stereocenters. The minimum Gasteiger partial charge on any atom is -0.381 e. The summed E-state index contributed by atoms with van der Waals surface area (Å²) in [5, 5.41) is 5.19. The largest absolute Gasteiger partial charge is 0.381 e. The molecular weight excluding hydrogens is 304 g/mol. The summed E-state index contributed by atoms with van der Waals surface area (Å²) in [6.45, 7) is 2.56. The van der Waals surface area contributed by atoms with Gasteiger partial charge < -0.3 is 10.1 Å². The number of nitrogens with zero attached hydrogens (tertiary/aromatic N) is 1. The van der Waals surface area contributed by atoms with Crippen molar-refractivity contribution < 1.29 is 4.74 Å². The summed E-state index contributed by atoms with van der Waals surface area (Å²) < 4.78 is 5.61. The zero-order chi connectivity index (χ0) is 15.5. The number of rotatable bonds is 5. The molecule has 2 fully saturated rings. The van der Waals surface area contributed by atoms with E-state index < -0.39 is 0 Å². The van der Waals surface area contributed by atoms with Gasteiger partial charge in [-0.3, -0.25) is 0 Å². The molecule has 3 nitrogen and oxygen atoms in total. The summed E-state index contributed by atoms with van der Waals surface area (Å²) >= 11 is 1.89. The average Bonchev–Trinajstić information content (AvgIpc) is 3.01. The highest BCUT2D eigenvalue weighted by Gasteiger charge is 2.34. The smallest absolute Gasteiger partial charge is 0.0959 e. The van der Waals surface area contributed by atoms with Gasteiger partial charge in [-0.15, -0.1) is 11.3 Å².